The number of methoxy groups -OCH3 is 1. The normalized spacial score (nSPS) is 10.5. The number of benzene rings is 2. The second-order valence-corrected chi connectivity index (χ2v) is 4.90. The highest BCUT2D eigenvalue weighted by Crippen LogP contribution is 2.21. The summed E-state index contributed by atoms with van der Waals surface area (Å²) >= 11 is 0. The average Bonchev–Trinajstić information content (AvgIpc) is 2.96. The van der Waals surface area contributed by atoms with Crippen LogP contribution in [0.1, 0.15) is 5.56 Å². The van der Waals surface area contributed by atoms with Gasteiger partial charge in [0.15, 0.2) is 0 Å². The Morgan fingerprint density at radius 3 is 2.76 bits per heavy atom. The smallest absolute Gasteiger partial charge is 0.119 e. The van der Waals surface area contributed by atoms with Crippen molar-refractivity contribution in [2.45, 2.75) is 6.54 Å². The van der Waals surface area contributed by atoms with Gasteiger partial charge in [0.2, 0.25) is 0 Å². The summed E-state index contributed by atoms with van der Waals surface area (Å²) in [5.41, 5.74) is 9.86. The standard InChI is InChI=1S/C17H17N3O/c1-21-17-7-2-4-13(8-17)11-20-12-15(10-19-20)14-5-3-6-16(18)9-14/h2-10,12H,11,18H2,1H3. The van der Waals surface area contributed by atoms with Crippen LogP contribution in [0.3, 0.4) is 0 Å². The Kier molecular flexibility index (Phi) is 3.60. The number of aromatic nitrogens is 2. The SMILES string of the molecule is COc1cccc(Cn2cc(-c3cccc(N)c3)cn2)c1. The molecule has 0 spiro atoms. The van der Waals surface area contributed by atoms with Crippen molar-refractivity contribution >= 4 is 5.69 Å². The van der Waals surface area contributed by atoms with Crippen LogP contribution < -0.4 is 10.5 Å². The van der Waals surface area contributed by atoms with Crippen LogP contribution in [-0.2, 0) is 6.54 Å². The highest BCUT2D eigenvalue weighted by Gasteiger charge is 2.03. The minimum atomic E-state index is 0.708. The number of rotatable bonds is 4. The maximum absolute atomic E-state index is 5.82. The summed E-state index contributed by atoms with van der Waals surface area (Å²) in [6.07, 6.45) is 3.88. The van der Waals surface area contributed by atoms with Gasteiger partial charge in [-0.2, -0.15) is 5.10 Å². The first-order valence-electron chi connectivity index (χ1n) is 6.76. The number of ether oxygens (including phenoxy) is 1. The lowest BCUT2D eigenvalue weighted by Gasteiger charge is -2.04. The van der Waals surface area contributed by atoms with E-state index in [1.165, 1.54) is 0 Å². The Balaban J connectivity index is 1.81. The topological polar surface area (TPSA) is 53.1 Å². The van der Waals surface area contributed by atoms with Gasteiger partial charge in [-0.3, -0.25) is 4.68 Å². The van der Waals surface area contributed by atoms with Crippen molar-refractivity contribution in [3.8, 4) is 16.9 Å². The molecule has 0 bridgehead atoms. The Morgan fingerprint density at radius 2 is 1.95 bits per heavy atom. The van der Waals surface area contributed by atoms with Crippen LogP contribution >= 0.6 is 0 Å². The van der Waals surface area contributed by atoms with Crippen molar-refractivity contribution in [2.24, 2.45) is 0 Å². The highest BCUT2D eigenvalue weighted by molar-refractivity contribution is 5.65. The summed E-state index contributed by atoms with van der Waals surface area (Å²) in [7, 11) is 1.67. The number of anilines is 1. The van der Waals surface area contributed by atoms with Crippen molar-refractivity contribution in [3.63, 3.8) is 0 Å². The molecule has 0 saturated carbocycles. The number of hydrogen-bond acceptors (Lipinski definition) is 3. The summed E-state index contributed by atoms with van der Waals surface area (Å²) < 4.78 is 7.15. The number of nitrogen functional groups attached to an aromatic ring is 1. The van der Waals surface area contributed by atoms with Crippen molar-refractivity contribution in [1.29, 1.82) is 0 Å². The van der Waals surface area contributed by atoms with Gasteiger partial charge in [-0.25, -0.2) is 0 Å². The van der Waals surface area contributed by atoms with E-state index in [9.17, 15) is 0 Å². The van der Waals surface area contributed by atoms with E-state index in [0.29, 0.717) is 6.54 Å². The molecular formula is C17H17N3O. The van der Waals surface area contributed by atoms with Gasteiger partial charge in [0, 0.05) is 17.4 Å². The van der Waals surface area contributed by atoms with Gasteiger partial charge in [0.05, 0.1) is 19.9 Å². The molecule has 1 heterocycles. The molecule has 2 aromatic carbocycles. The molecule has 0 aliphatic heterocycles. The third-order valence-corrected chi connectivity index (χ3v) is 3.33. The van der Waals surface area contributed by atoms with E-state index in [0.717, 1.165) is 28.1 Å². The van der Waals surface area contributed by atoms with Crippen molar-refractivity contribution in [1.82, 2.24) is 9.78 Å². The molecule has 0 fully saturated rings. The van der Waals surface area contributed by atoms with E-state index in [1.807, 2.05) is 59.5 Å². The molecule has 0 radical (unpaired) electrons. The van der Waals surface area contributed by atoms with Crippen molar-refractivity contribution in [2.75, 3.05) is 12.8 Å². The molecule has 0 unspecified atom stereocenters. The quantitative estimate of drug-likeness (QED) is 0.746. The van der Waals surface area contributed by atoms with Crippen LogP contribution in [0.2, 0.25) is 0 Å². The highest BCUT2D eigenvalue weighted by atomic mass is 16.5. The Labute approximate surface area is 123 Å². The molecule has 21 heavy (non-hydrogen) atoms. The maximum Gasteiger partial charge on any atom is 0.119 e. The zero-order valence-electron chi connectivity index (χ0n) is 11.9. The molecule has 4 nitrogen and oxygen atoms in total. The zero-order valence-corrected chi connectivity index (χ0v) is 11.9. The Bertz CT molecular complexity index is 749. The average molecular weight is 279 g/mol. The molecular weight excluding hydrogens is 262 g/mol. The fraction of sp³-hybridized carbons (Fsp3) is 0.118. The molecule has 2 N–H and O–H groups in total. The second kappa shape index (κ2) is 5.71. The first-order chi connectivity index (χ1) is 10.2. The summed E-state index contributed by atoms with van der Waals surface area (Å²) in [5, 5.41) is 4.41. The lowest BCUT2D eigenvalue weighted by Crippen LogP contribution is -1.99. The molecule has 0 saturated heterocycles. The largest absolute Gasteiger partial charge is 0.497 e. The Morgan fingerprint density at radius 1 is 1.10 bits per heavy atom. The van der Waals surface area contributed by atoms with Crippen LogP contribution in [0.25, 0.3) is 11.1 Å². The molecule has 106 valence electrons. The number of nitrogens with zero attached hydrogens (tertiary/aromatic N) is 2. The zero-order chi connectivity index (χ0) is 14.7. The van der Waals surface area contributed by atoms with Crippen molar-refractivity contribution < 1.29 is 4.74 Å². The molecule has 0 aliphatic rings. The third kappa shape index (κ3) is 3.05. The van der Waals surface area contributed by atoms with Gasteiger partial charge in [-0.05, 0) is 35.4 Å². The summed E-state index contributed by atoms with van der Waals surface area (Å²) in [5.74, 6) is 0.857. The first kappa shape index (κ1) is 13.2. The van der Waals surface area contributed by atoms with Crippen LogP contribution in [0.5, 0.6) is 5.75 Å². The van der Waals surface area contributed by atoms with E-state index in [-0.39, 0.29) is 0 Å². The third-order valence-electron chi connectivity index (χ3n) is 3.33. The fourth-order valence-electron chi connectivity index (χ4n) is 2.28. The lowest BCUT2D eigenvalue weighted by atomic mass is 10.1. The molecule has 3 aromatic rings. The van der Waals surface area contributed by atoms with Gasteiger partial charge in [-0.1, -0.05) is 24.3 Å². The van der Waals surface area contributed by atoms with E-state index < -0.39 is 0 Å². The van der Waals surface area contributed by atoms with Gasteiger partial charge in [-0.15, -0.1) is 0 Å². The van der Waals surface area contributed by atoms with Crippen LogP contribution in [0, 0.1) is 0 Å². The second-order valence-electron chi connectivity index (χ2n) is 4.90. The molecule has 0 amide bonds. The molecule has 3 rings (SSSR count). The Hall–Kier alpha value is -2.75. The van der Waals surface area contributed by atoms with Crippen LogP contribution in [0.15, 0.2) is 60.9 Å². The maximum atomic E-state index is 5.82. The van der Waals surface area contributed by atoms with Crippen molar-refractivity contribution in [3.05, 3.63) is 66.5 Å². The monoisotopic (exact) mass is 279 g/mol. The minimum Gasteiger partial charge on any atom is -0.497 e. The van der Waals surface area contributed by atoms with Gasteiger partial charge in [0.1, 0.15) is 5.75 Å². The first-order valence-corrected chi connectivity index (χ1v) is 6.76. The predicted molar refractivity (Wildman–Crippen MR) is 84.2 cm³/mol. The molecule has 0 aliphatic carbocycles. The van der Waals surface area contributed by atoms with E-state index in [4.69, 9.17) is 10.5 Å². The fourth-order valence-corrected chi connectivity index (χ4v) is 2.28. The summed E-state index contributed by atoms with van der Waals surface area (Å²) in [6.45, 7) is 0.708. The number of nitrogens with two attached hydrogens (primary N) is 1. The van der Waals surface area contributed by atoms with Gasteiger partial charge in [0.25, 0.3) is 0 Å². The van der Waals surface area contributed by atoms with Gasteiger partial charge >= 0.3 is 0 Å². The van der Waals surface area contributed by atoms with Gasteiger partial charge < -0.3 is 10.5 Å². The van der Waals surface area contributed by atoms with E-state index in [1.54, 1.807) is 7.11 Å². The summed E-state index contributed by atoms with van der Waals surface area (Å²) in [6, 6.07) is 15.8. The molecule has 1 aromatic heterocycles. The van der Waals surface area contributed by atoms with E-state index >= 15 is 0 Å². The molecule has 0 atom stereocenters. The molecule has 4 heteroatoms. The summed E-state index contributed by atoms with van der Waals surface area (Å²) in [4.78, 5) is 0. The predicted octanol–water partition coefficient (Wildman–Crippen LogP) is 3.19. The lowest BCUT2D eigenvalue weighted by molar-refractivity contribution is 0.414. The van der Waals surface area contributed by atoms with Crippen LogP contribution in [0.4, 0.5) is 5.69 Å². The number of hydrogen-bond donors (Lipinski definition) is 1. The van der Waals surface area contributed by atoms with Crippen LogP contribution in [-0.4, -0.2) is 16.9 Å². The minimum absolute atomic E-state index is 0.708. The van der Waals surface area contributed by atoms with E-state index in [2.05, 4.69) is 11.2 Å².